The highest BCUT2D eigenvalue weighted by Gasteiger charge is 2.07. The molecule has 20 heavy (non-hydrogen) atoms. The van der Waals surface area contributed by atoms with Gasteiger partial charge in [0.25, 0.3) is 0 Å². The van der Waals surface area contributed by atoms with E-state index in [4.69, 9.17) is 4.98 Å². The quantitative estimate of drug-likeness (QED) is 0.705. The molecule has 0 saturated carbocycles. The first-order valence-corrected chi connectivity index (χ1v) is 8.01. The maximum Gasteiger partial charge on any atom is 0.109 e. The molecular formula is C17H27N3. The monoisotopic (exact) mass is 273 g/mol. The summed E-state index contributed by atoms with van der Waals surface area (Å²) in [5, 5.41) is 3.55. The normalized spacial score (nSPS) is 11.3. The van der Waals surface area contributed by atoms with E-state index in [2.05, 4.69) is 48.0 Å². The molecule has 2 rings (SSSR count). The smallest absolute Gasteiger partial charge is 0.109 e. The number of nitrogens with one attached hydrogen (secondary N) is 1. The van der Waals surface area contributed by atoms with Crippen molar-refractivity contribution < 1.29 is 0 Å². The van der Waals surface area contributed by atoms with Gasteiger partial charge < -0.3 is 9.88 Å². The highest BCUT2D eigenvalue weighted by atomic mass is 15.1. The predicted molar refractivity (Wildman–Crippen MR) is 86.1 cm³/mol. The molecule has 0 unspecified atom stereocenters. The Bertz CT molecular complexity index is 516. The summed E-state index contributed by atoms with van der Waals surface area (Å²) in [4.78, 5) is 4.71. The van der Waals surface area contributed by atoms with Gasteiger partial charge >= 0.3 is 0 Å². The van der Waals surface area contributed by atoms with E-state index >= 15 is 0 Å². The molecule has 0 aliphatic heterocycles. The number of aromatic nitrogens is 2. The molecule has 0 aliphatic carbocycles. The number of benzene rings is 1. The van der Waals surface area contributed by atoms with Crippen LogP contribution in [0.2, 0.25) is 0 Å². The minimum absolute atomic E-state index is 0.991. The van der Waals surface area contributed by atoms with Crippen molar-refractivity contribution in [2.75, 3.05) is 13.1 Å². The summed E-state index contributed by atoms with van der Waals surface area (Å²) in [6.07, 6.45) is 6.29. The van der Waals surface area contributed by atoms with Crippen molar-refractivity contribution >= 4 is 11.0 Å². The molecule has 0 amide bonds. The summed E-state index contributed by atoms with van der Waals surface area (Å²) in [6, 6.07) is 8.43. The van der Waals surface area contributed by atoms with Crippen molar-refractivity contribution in [3.05, 3.63) is 30.1 Å². The van der Waals surface area contributed by atoms with E-state index in [0.717, 1.165) is 31.6 Å². The minimum atomic E-state index is 0.991. The lowest BCUT2D eigenvalue weighted by atomic mass is 10.2. The van der Waals surface area contributed by atoms with Gasteiger partial charge in [0.2, 0.25) is 0 Å². The molecule has 1 aromatic carbocycles. The number of imidazole rings is 1. The summed E-state index contributed by atoms with van der Waals surface area (Å²) in [5.74, 6) is 1.19. The van der Waals surface area contributed by atoms with Crippen LogP contribution in [-0.4, -0.2) is 22.6 Å². The van der Waals surface area contributed by atoms with Crippen molar-refractivity contribution in [2.45, 2.75) is 52.5 Å². The van der Waals surface area contributed by atoms with Gasteiger partial charge in [-0.1, -0.05) is 45.2 Å². The number of hydrogen-bond donors (Lipinski definition) is 1. The molecule has 0 saturated heterocycles. The van der Waals surface area contributed by atoms with Crippen LogP contribution in [0.15, 0.2) is 24.3 Å². The van der Waals surface area contributed by atoms with Crippen LogP contribution in [0.1, 0.15) is 45.4 Å². The van der Waals surface area contributed by atoms with Crippen molar-refractivity contribution in [1.82, 2.24) is 14.9 Å². The van der Waals surface area contributed by atoms with Crippen molar-refractivity contribution in [1.29, 1.82) is 0 Å². The van der Waals surface area contributed by atoms with Crippen LogP contribution in [0.25, 0.3) is 11.0 Å². The zero-order chi connectivity index (χ0) is 14.2. The maximum atomic E-state index is 4.71. The topological polar surface area (TPSA) is 29.9 Å². The largest absolute Gasteiger partial charge is 0.327 e. The Hall–Kier alpha value is -1.35. The van der Waals surface area contributed by atoms with Crippen LogP contribution in [0, 0.1) is 0 Å². The number of rotatable bonds is 9. The lowest BCUT2D eigenvalue weighted by Crippen LogP contribution is -2.21. The van der Waals surface area contributed by atoms with Gasteiger partial charge in [0.1, 0.15) is 5.82 Å². The van der Waals surface area contributed by atoms with Crippen molar-refractivity contribution in [3.8, 4) is 0 Å². The molecule has 0 bridgehead atoms. The molecule has 1 aromatic heterocycles. The average Bonchev–Trinajstić information content (AvgIpc) is 2.84. The van der Waals surface area contributed by atoms with E-state index < -0.39 is 0 Å². The van der Waals surface area contributed by atoms with Gasteiger partial charge in [-0.3, -0.25) is 0 Å². The minimum Gasteiger partial charge on any atom is -0.327 e. The Morgan fingerprint density at radius 2 is 1.90 bits per heavy atom. The molecule has 1 N–H and O–H groups in total. The third kappa shape index (κ3) is 3.83. The van der Waals surface area contributed by atoms with Crippen molar-refractivity contribution in [3.63, 3.8) is 0 Å². The van der Waals surface area contributed by atoms with Crippen LogP contribution in [-0.2, 0) is 13.0 Å². The molecule has 3 heteroatoms. The second-order valence-electron chi connectivity index (χ2n) is 5.33. The predicted octanol–water partition coefficient (Wildman–Crippen LogP) is 3.77. The summed E-state index contributed by atoms with van der Waals surface area (Å²) in [7, 11) is 0. The Balaban J connectivity index is 1.86. The summed E-state index contributed by atoms with van der Waals surface area (Å²) in [6.45, 7) is 7.60. The summed E-state index contributed by atoms with van der Waals surface area (Å²) in [5.41, 5.74) is 2.38. The first-order valence-electron chi connectivity index (χ1n) is 8.01. The SMILES string of the molecule is CCCCCCNCCn1c(CC)nc2ccccc21. The Kier molecular flexibility index (Phi) is 6.06. The van der Waals surface area contributed by atoms with Gasteiger partial charge in [-0.2, -0.15) is 0 Å². The van der Waals surface area contributed by atoms with E-state index in [1.165, 1.54) is 37.0 Å². The van der Waals surface area contributed by atoms with E-state index in [0.29, 0.717) is 0 Å². The van der Waals surface area contributed by atoms with Gasteiger partial charge in [-0.25, -0.2) is 4.98 Å². The highest BCUT2D eigenvalue weighted by molar-refractivity contribution is 5.75. The number of fused-ring (bicyclic) bond motifs is 1. The standard InChI is InChI=1S/C17H27N3/c1-3-5-6-9-12-18-13-14-20-16-11-8-7-10-15(16)19-17(20)4-2/h7-8,10-11,18H,3-6,9,12-14H2,1-2H3. The van der Waals surface area contributed by atoms with Crippen LogP contribution in [0.5, 0.6) is 0 Å². The second kappa shape index (κ2) is 8.05. The zero-order valence-electron chi connectivity index (χ0n) is 12.9. The molecule has 2 aromatic rings. The molecule has 0 aliphatic rings. The van der Waals surface area contributed by atoms with Gasteiger partial charge in [0.15, 0.2) is 0 Å². The number of para-hydroxylation sites is 2. The van der Waals surface area contributed by atoms with Gasteiger partial charge in [0.05, 0.1) is 11.0 Å². The molecule has 110 valence electrons. The van der Waals surface area contributed by atoms with E-state index in [1.807, 2.05) is 0 Å². The van der Waals surface area contributed by atoms with E-state index in [1.54, 1.807) is 0 Å². The number of aryl methyl sites for hydroxylation is 1. The first kappa shape index (κ1) is 15.0. The number of unbranched alkanes of at least 4 members (excludes halogenated alkanes) is 3. The van der Waals surface area contributed by atoms with Crippen LogP contribution < -0.4 is 5.32 Å². The van der Waals surface area contributed by atoms with Crippen LogP contribution in [0.3, 0.4) is 0 Å². The third-order valence-electron chi connectivity index (χ3n) is 3.77. The Morgan fingerprint density at radius 1 is 1.05 bits per heavy atom. The third-order valence-corrected chi connectivity index (χ3v) is 3.77. The fraction of sp³-hybridized carbons (Fsp3) is 0.588. The first-order chi connectivity index (χ1) is 9.86. The molecule has 0 fully saturated rings. The maximum absolute atomic E-state index is 4.71. The van der Waals surface area contributed by atoms with E-state index in [9.17, 15) is 0 Å². The molecular weight excluding hydrogens is 246 g/mol. The van der Waals surface area contributed by atoms with Gasteiger partial charge in [-0.15, -0.1) is 0 Å². The fourth-order valence-corrected chi connectivity index (χ4v) is 2.64. The summed E-state index contributed by atoms with van der Waals surface area (Å²) < 4.78 is 2.36. The Morgan fingerprint density at radius 3 is 2.70 bits per heavy atom. The Labute approximate surface area is 122 Å². The van der Waals surface area contributed by atoms with Crippen LogP contribution in [0.4, 0.5) is 0 Å². The lowest BCUT2D eigenvalue weighted by molar-refractivity contribution is 0.558. The number of nitrogens with zero attached hydrogens (tertiary/aromatic N) is 2. The van der Waals surface area contributed by atoms with Gasteiger partial charge in [-0.05, 0) is 25.1 Å². The zero-order valence-corrected chi connectivity index (χ0v) is 12.9. The lowest BCUT2D eigenvalue weighted by Gasteiger charge is -2.09. The second-order valence-corrected chi connectivity index (χ2v) is 5.33. The average molecular weight is 273 g/mol. The molecule has 0 radical (unpaired) electrons. The fourth-order valence-electron chi connectivity index (χ4n) is 2.64. The molecule has 3 nitrogen and oxygen atoms in total. The van der Waals surface area contributed by atoms with E-state index in [-0.39, 0.29) is 0 Å². The number of hydrogen-bond acceptors (Lipinski definition) is 2. The molecule has 1 heterocycles. The molecule has 0 spiro atoms. The van der Waals surface area contributed by atoms with Gasteiger partial charge in [0, 0.05) is 19.5 Å². The van der Waals surface area contributed by atoms with Crippen LogP contribution >= 0.6 is 0 Å². The summed E-state index contributed by atoms with van der Waals surface area (Å²) >= 11 is 0. The van der Waals surface area contributed by atoms with Crippen molar-refractivity contribution in [2.24, 2.45) is 0 Å². The highest BCUT2D eigenvalue weighted by Crippen LogP contribution is 2.15. The molecule has 0 atom stereocenters.